The van der Waals surface area contributed by atoms with E-state index in [0.29, 0.717) is 16.6 Å². The van der Waals surface area contributed by atoms with Gasteiger partial charge in [-0.05, 0) is 18.2 Å². The number of nitrogens with zero attached hydrogens (tertiary/aromatic N) is 2. The van der Waals surface area contributed by atoms with Crippen LogP contribution < -0.4 is 5.32 Å². The molecule has 1 heterocycles. The smallest absolute Gasteiger partial charge is 0.339 e. The third kappa shape index (κ3) is 4.59. The first-order valence-electron chi connectivity index (χ1n) is 9.68. The molecular formula is C24H17N3O5. The largest absolute Gasteiger partial charge is 0.452 e. The molecule has 8 nitrogen and oxygen atoms in total. The number of aromatic nitrogens is 1. The van der Waals surface area contributed by atoms with E-state index >= 15 is 0 Å². The Bertz CT molecular complexity index is 1320. The molecule has 0 atom stereocenters. The zero-order valence-corrected chi connectivity index (χ0v) is 16.7. The standard InChI is InChI=1S/C24H17N3O5/c28-23(25-17-9-6-10-18(13-17)27(30)31)15-32-24(29)20-14-22(16-7-2-1-3-8-16)26-21-12-5-4-11-19(20)21/h1-14H,15H2,(H,25,28). The topological polar surface area (TPSA) is 111 Å². The normalized spacial score (nSPS) is 10.5. The van der Waals surface area contributed by atoms with Gasteiger partial charge in [0, 0.05) is 28.8 Å². The second kappa shape index (κ2) is 9.05. The van der Waals surface area contributed by atoms with Gasteiger partial charge in [-0.15, -0.1) is 0 Å². The van der Waals surface area contributed by atoms with Gasteiger partial charge < -0.3 is 10.1 Å². The molecule has 3 aromatic carbocycles. The van der Waals surface area contributed by atoms with Crippen LogP contribution in [0.15, 0.2) is 84.9 Å². The van der Waals surface area contributed by atoms with Crippen molar-refractivity contribution in [2.24, 2.45) is 0 Å². The summed E-state index contributed by atoms with van der Waals surface area (Å²) < 4.78 is 5.23. The number of esters is 1. The Kier molecular flexibility index (Phi) is 5.85. The number of carbonyl (C=O) groups excluding carboxylic acids is 2. The molecule has 0 spiro atoms. The SMILES string of the molecule is O=C(COC(=O)c1cc(-c2ccccc2)nc2ccccc12)Nc1cccc([N+](=O)[O-])c1. The van der Waals surface area contributed by atoms with Crippen LogP contribution in [-0.4, -0.2) is 28.4 Å². The molecular weight excluding hydrogens is 410 g/mol. The number of ether oxygens (including phenoxy) is 1. The molecule has 0 saturated carbocycles. The highest BCUT2D eigenvalue weighted by Crippen LogP contribution is 2.25. The fourth-order valence-electron chi connectivity index (χ4n) is 3.20. The number of amides is 1. The van der Waals surface area contributed by atoms with Crippen LogP contribution in [0.25, 0.3) is 22.2 Å². The van der Waals surface area contributed by atoms with Gasteiger partial charge in [0.05, 0.1) is 21.7 Å². The lowest BCUT2D eigenvalue weighted by atomic mass is 10.0. The molecule has 0 unspecified atom stereocenters. The number of hydrogen-bond donors (Lipinski definition) is 1. The van der Waals surface area contributed by atoms with Crippen molar-refractivity contribution in [3.63, 3.8) is 0 Å². The lowest BCUT2D eigenvalue weighted by Gasteiger charge is -2.10. The number of non-ortho nitro benzene ring substituents is 1. The molecule has 4 aromatic rings. The number of pyridine rings is 1. The Hall–Kier alpha value is -4.59. The fourth-order valence-corrected chi connectivity index (χ4v) is 3.20. The molecule has 8 heteroatoms. The first kappa shape index (κ1) is 20.7. The number of benzene rings is 3. The summed E-state index contributed by atoms with van der Waals surface area (Å²) in [6.45, 7) is -0.543. The molecule has 32 heavy (non-hydrogen) atoms. The molecule has 0 saturated heterocycles. The molecule has 0 radical (unpaired) electrons. The van der Waals surface area contributed by atoms with Crippen LogP contribution in [0.4, 0.5) is 11.4 Å². The van der Waals surface area contributed by atoms with E-state index in [2.05, 4.69) is 10.3 Å². The number of fused-ring (bicyclic) bond motifs is 1. The monoisotopic (exact) mass is 427 g/mol. The van der Waals surface area contributed by atoms with Gasteiger partial charge in [-0.1, -0.05) is 54.6 Å². The van der Waals surface area contributed by atoms with Crippen LogP contribution in [0.2, 0.25) is 0 Å². The predicted octanol–water partition coefficient (Wildman–Crippen LogP) is 4.61. The summed E-state index contributed by atoms with van der Waals surface area (Å²) in [7, 11) is 0. The lowest BCUT2D eigenvalue weighted by Crippen LogP contribution is -2.21. The van der Waals surface area contributed by atoms with E-state index in [0.717, 1.165) is 5.56 Å². The molecule has 0 aliphatic rings. The molecule has 0 aliphatic heterocycles. The van der Waals surface area contributed by atoms with Gasteiger partial charge in [0.15, 0.2) is 6.61 Å². The maximum atomic E-state index is 12.8. The summed E-state index contributed by atoms with van der Waals surface area (Å²) in [6.07, 6.45) is 0. The van der Waals surface area contributed by atoms with E-state index in [9.17, 15) is 19.7 Å². The third-order valence-corrected chi connectivity index (χ3v) is 4.68. The van der Waals surface area contributed by atoms with Gasteiger partial charge in [0.1, 0.15) is 0 Å². The number of anilines is 1. The Morgan fingerprint density at radius 2 is 1.69 bits per heavy atom. The van der Waals surface area contributed by atoms with Gasteiger partial charge >= 0.3 is 5.97 Å². The minimum Gasteiger partial charge on any atom is -0.452 e. The lowest BCUT2D eigenvalue weighted by molar-refractivity contribution is -0.384. The van der Waals surface area contributed by atoms with Crippen molar-refractivity contribution in [1.29, 1.82) is 0 Å². The summed E-state index contributed by atoms with van der Waals surface area (Å²) in [6, 6.07) is 23.7. The molecule has 158 valence electrons. The average molecular weight is 427 g/mol. The van der Waals surface area contributed by atoms with Crippen molar-refractivity contribution in [2.75, 3.05) is 11.9 Å². The van der Waals surface area contributed by atoms with Crippen molar-refractivity contribution in [2.45, 2.75) is 0 Å². The molecule has 4 rings (SSSR count). The minimum absolute atomic E-state index is 0.156. The Labute approximate surface area is 182 Å². The van der Waals surface area contributed by atoms with Gasteiger partial charge in [0.2, 0.25) is 0 Å². The van der Waals surface area contributed by atoms with Crippen molar-refractivity contribution in [1.82, 2.24) is 4.98 Å². The van der Waals surface area contributed by atoms with Crippen LogP contribution in [0.1, 0.15) is 10.4 Å². The highest BCUT2D eigenvalue weighted by molar-refractivity contribution is 6.05. The fraction of sp³-hybridized carbons (Fsp3) is 0.0417. The summed E-state index contributed by atoms with van der Waals surface area (Å²) in [5.41, 5.74) is 2.45. The van der Waals surface area contributed by atoms with E-state index in [1.54, 1.807) is 24.3 Å². The van der Waals surface area contributed by atoms with Crippen molar-refractivity contribution in [3.8, 4) is 11.3 Å². The number of nitro benzene ring substituents is 1. The number of nitro groups is 1. The number of carbonyl (C=O) groups is 2. The third-order valence-electron chi connectivity index (χ3n) is 4.68. The second-order valence-corrected chi connectivity index (χ2v) is 6.87. The minimum atomic E-state index is -0.671. The van der Waals surface area contributed by atoms with Gasteiger partial charge in [-0.25, -0.2) is 9.78 Å². The molecule has 0 fully saturated rings. The number of nitrogens with one attached hydrogen (secondary N) is 1. The van der Waals surface area contributed by atoms with E-state index in [-0.39, 0.29) is 16.9 Å². The Morgan fingerprint density at radius 1 is 0.938 bits per heavy atom. The maximum Gasteiger partial charge on any atom is 0.339 e. The quantitative estimate of drug-likeness (QED) is 0.273. The second-order valence-electron chi connectivity index (χ2n) is 6.87. The Morgan fingerprint density at radius 3 is 2.47 bits per heavy atom. The highest BCUT2D eigenvalue weighted by Gasteiger charge is 2.17. The number of para-hydroxylation sites is 1. The van der Waals surface area contributed by atoms with Gasteiger partial charge in [-0.3, -0.25) is 14.9 Å². The van der Waals surface area contributed by atoms with Crippen molar-refractivity contribution in [3.05, 3.63) is 101 Å². The zero-order chi connectivity index (χ0) is 22.5. The summed E-state index contributed by atoms with van der Waals surface area (Å²) in [5, 5.41) is 14.0. The summed E-state index contributed by atoms with van der Waals surface area (Å²) in [4.78, 5) is 40.0. The van der Waals surface area contributed by atoms with E-state index in [1.807, 2.05) is 36.4 Å². The van der Waals surface area contributed by atoms with Crippen LogP contribution in [0, 0.1) is 10.1 Å². The number of rotatable bonds is 6. The van der Waals surface area contributed by atoms with Crippen LogP contribution in [-0.2, 0) is 9.53 Å². The van der Waals surface area contributed by atoms with Crippen LogP contribution in [0.3, 0.4) is 0 Å². The van der Waals surface area contributed by atoms with E-state index in [1.165, 1.54) is 24.3 Å². The van der Waals surface area contributed by atoms with Crippen LogP contribution >= 0.6 is 0 Å². The molecule has 1 amide bonds. The van der Waals surface area contributed by atoms with E-state index < -0.39 is 23.4 Å². The first-order chi connectivity index (χ1) is 15.5. The first-order valence-corrected chi connectivity index (χ1v) is 9.68. The van der Waals surface area contributed by atoms with Crippen LogP contribution in [0.5, 0.6) is 0 Å². The molecule has 0 aliphatic carbocycles. The molecule has 1 aromatic heterocycles. The zero-order valence-electron chi connectivity index (χ0n) is 16.7. The van der Waals surface area contributed by atoms with Gasteiger partial charge in [-0.2, -0.15) is 0 Å². The Balaban J connectivity index is 1.53. The average Bonchev–Trinajstić information content (AvgIpc) is 2.82. The van der Waals surface area contributed by atoms with Gasteiger partial charge in [0.25, 0.3) is 11.6 Å². The summed E-state index contributed by atoms with van der Waals surface area (Å²) in [5.74, 6) is -1.28. The number of hydrogen-bond acceptors (Lipinski definition) is 6. The van der Waals surface area contributed by atoms with Crippen molar-refractivity contribution < 1.29 is 19.2 Å². The van der Waals surface area contributed by atoms with E-state index in [4.69, 9.17) is 4.74 Å². The van der Waals surface area contributed by atoms with Crippen molar-refractivity contribution >= 4 is 34.2 Å². The summed E-state index contributed by atoms with van der Waals surface area (Å²) >= 11 is 0. The molecule has 0 bridgehead atoms. The maximum absolute atomic E-state index is 12.8. The highest BCUT2D eigenvalue weighted by atomic mass is 16.6. The predicted molar refractivity (Wildman–Crippen MR) is 119 cm³/mol. The molecule has 1 N–H and O–H groups in total.